The van der Waals surface area contributed by atoms with Gasteiger partial charge in [0.1, 0.15) is 0 Å². The van der Waals surface area contributed by atoms with Gasteiger partial charge in [0.25, 0.3) is 0 Å². The Kier molecular flexibility index (Phi) is 3.84. The second-order valence-corrected chi connectivity index (χ2v) is 9.35. The predicted octanol–water partition coefficient (Wildman–Crippen LogP) is 6.04. The molecule has 7 atom stereocenters. The molecule has 0 aromatic rings. The molecular weight excluding hydrogens is 290 g/mol. The fourth-order valence-electron chi connectivity index (χ4n) is 7.33. The van der Waals surface area contributed by atoms with Crippen molar-refractivity contribution >= 4 is 0 Å². The van der Waals surface area contributed by atoms with Gasteiger partial charge in [0.05, 0.1) is 12.0 Å². The maximum absolute atomic E-state index is 9.40. The largest absolute Gasteiger partial charge is 0.198 e. The van der Waals surface area contributed by atoms with Crippen LogP contribution in [0.3, 0.4) is 0 Å². The van der Waals surface area contributed by atoms with Crippen LogP contribution < -0.4 is 0 Å². The highest BCUT2D eigenvalue weighted by Crippen LogP contribution is 2.56. The summed E-state index contributed by atoms with van der Waals surface area (Å²) in [5.74, 6) is 5.79. The van der Waals surface area contributed by atoms with E-state index in [9.17, 15) is 5.26 Å². The molecule has 24 heavy (non-hydrogen) atoms. The predicted molar refractivity (Wildman–Crippen MR) is 97.0 cm³/mol. The van der Waals surface area contributed by atoms with E-state index < -0.39 is 0 Å². The minimum absolute atomic E-state index is 0.294. The number of allylic oxidation sites excluding steroid dienone is 4. The minimum Gasteiger partial charge on any atom is -0.198 e. The average molecular weight is 322 g/mol. The summed E-state index contributed by atoms with van der Waals surface area (Å²) >= 11 is 0. The molecule has 0 radical (unpaired) electrons. The lowest BCUT2D eigenvalue weighted by Gasteiger charge is -2.51. The number of rotatable bonds is 0. The van der Waals surface area contributed by atoms with E-state index in [0.29, 0.717) is 5.92 Å². The lowest BCUT2D eigenvalue weighted by atomic mass is 9.53. The van der Waals surface area contributed by atoms with Crippen LogP contribution in [-0.4, -0.2) is 0 Å². The molecule has 0 N–H and O–H groups in total. The lowest BCUT2D eigenvalue weighted by molar-refractivity contribution is 0.0503. The van der Waals surface area contributed by atoms with Crippen LogP contribution in [0.4, 0.5) is 0 Å². The van der Waals surface area contributed by atoms with Crippen molar-refractivity contribution < 1.29 is 0 Å². The van der Waals surface area contributed by atoms with Crippen molar-refractivity contribution in [3.8, 4) is 6.07 Å². The maximum Gasteiger partial charge on any atom is 0.0659 e. The van der Waals surface area contributed by atoms with Gasteiger partial charge in [-0.1, -0.05) is 37.0 Å². The summed E-state index contributed by atoms with van der Waals surface area (Å²) in [4.78, 5) is 0. The summed E-state index contributed by atoms with van der Waals surface area (Å²) < 4.78 is 0. The summed E-state index contributed by atoms with van der Waals surface area (Å²) in [6.45, 7) is 0. The molecule has 1 nitrogen and oxygen atoms in total. The summed E-state index contributed by atoms with van der Waals surface area (Å²) in [7, 11) is 0. The third-order valence-corrected chi connectivity index (χ3v) is 8.44. The van der Waals surface area contributed by atoms with Crippen LogP contribution in [-0.2, 0) is 0 Å². The second-order valence-electron chi connectivity index (χ2n) is 9.35. The molecule has 5 aliphatic rings. The van der Waals surface area contributed by atoms with Gasteiger partial charge in [-0.15, -0.1) is 0 Å². The summed E-state index contributed by atoms with van der Waals surface area (Å²) in [5.41, 5.74) is 3.42. The molecular formula is C23H31N. The molecule has 3 fully saturated rings. The molecule has 3 saturated carbocycles. The van der Waals surface area contributed by atoms with Crippen LogP contribution in [0.1, 0.15) is 70.6 Å². The molecule has 128 valence electrons. The first-order valence-electron chi connectivity index (χ1n) is 10.7. The fraction of sp³-hybridized carbons (Fsp3) is 0.783. The van der Waals surface area contributed by atoms with Gasteiger partial charge in [0, 0.05) is 0 Å². The highest BCUT2D eigenvalue weighted by atomic mass is 14.5. The summed E-state index contributed by atoms with van der Waals surface area (Å²) in [6.07, 6.45) is 20.5. The van der Waals surface area contributed by atoms with Crippen molar-refractivity contribution in [3.63, 3.8) is 0 Å². The van der Waals surface area contributed by atoms with Gasteiger partial charge in [-0.2, -0.15) is 5.26 Å². The molecule has 0 bridgehead atoms. The number of hydrogen-bond donors (Lipinski definition) is 0. The van der Waals surface area contributed by atoms with Crippen molar-refractivity contribution in [1.29, 1.82) is 5.26 Å². The van der Waals surface area contributed by atoms with Crippen molar-refractivity contribution in [2.45, 2.75) is 70.6 Å². The quantitative estimate of drug-likeness (QED) is 0.534. The molecule has 0 aromatic carbocycles. The molecule has 0 aromatic heterocycles. The Balaban J connectivity index is 1.48. The Hall–Kier alpha value is -1.03. The third-order valence-electron chi connectivity index (χ3n) is 8.44. The highest BCUT2D eigenvalue weighted by Gasteiger charge is 2.46. The van der Waals surface area contributed by atoms with Crippen LogP contribution in [0.15, 0.2) is 23.3 Å². The highest BCUT2D eigenvalue weighted by molar-refractivity contribution is 5.38. The van der Waals surface area contributed by atoms with Crippen molar-refractivity contribution in [1.82, 2.24) is 0 Å². The van der Waals surface area contributed by atoms with Crippen LogP contribution >= 0.6 is 0 Å². The molecule has 0 amide bonds. The average Bonchev–Trinajstić information content (AvgIpc) is 2.66. The summed E-state index contributed by atoms with van der Waals surface area (Å²) in [6, 6.07) is 2.57. The Morgan fingerprint density at radius 2 is 1.75 bits per heavy atom. The standard InChI is InChI=1S/C23H31N/c24-14-15-5-6-17-8-10-21-20-9-7-16-3-1-2-4-18(16)19(20)11-12-22(21)23(17)13-15/h11-12,15-21H,1-10,13H2. The third kappa shape index (κ3) is 2.33. The zero-order valence-electron chi connectivity index (χ0n) is 14.9. The molecule has 0 heterocycles. The molecule has 0 saturated heterocycles. The first-order chi connectivity index (χ1) is 11.8. The van der Waals surface area contributed by atoms with Gasteiger partial charge in [0.2, 0.25) is 0 Å². The molecule has 0 aliphatic heterocycles. The van der Waals surface area contributed by atoms with Gasteiger partial charge in [-0.05, 0) is 92.4 Å². The van der Waals surface area contributed by atoms with Crippen LogP contribution in [0.5, 0.6) is 0 Å². The Morgan fingerprint density at radius 3 is 2.67 bits per heavy atom. The number of nitriles is 1. The van der Waals surface area contributed by atoms with Gasteiger partial charge in [-0.3, -0.25) is 0 Å². The normalized spacial score (nSPS) is 47.0. The Labute approximate surface area is 147 Å². The van der Waals surface area contributed by atoms with Crippen LogP contribution in [0.2, 0.25) is 0 Å². The van der Waals surface area contributed by atoms with Crippen molar-refractivity contribution in [3.05, 3.63) is 23.3 Å². The monoisotopic (exact) mass is 321 g/mol. The molecule has 0 spiro atoms. The van der Waals surface area contributed by atoms with E-state index in [1.807, 2.05) is 0 Å². The smallest absolute Gasteiger partial charge is 0.0659 e. The maximum atomic E-state index is 9.40. The lowest BCUT2D eigenvalue weighted by Crippen LogP contribution is -2.42. The van der Waals surface area contributed by atoms with Crippen LogP contribution in [0.25, 0.3) is 0 Å². The van der Waals surface area contributed by atoms with Crippen molar-refractivity contribution in [2.24, 2.45) is 41.4 Å². The number of nitrogens with zero attached hydrogens (tertiary/aromatic N) is 1. The summed E-state index contributed by atoms with van der Waals surface area (Å²) in [5, 5.41) is 9.40. The van der Waals surface area contributed by atoms with E-state index in [2.05, 4.69) is 18.2 Å². The van der Waals surface area contributed by atoms with E-state index in [4.69, 9.17) is 0 Å². The van der Waals surface area contributed by atoms with E-state index in [1.54, 1.807) is 11.1 Å². The van der Waals surface area contributed by atoms with Crippen molar-refractivity contribution in [2.75, 3.05) is 0 Å². The van der Waals surface area contributed by atoms with Gasteiger partial charge < -0.3 is 0 Å². The Morgan fingerprint density at radius 1 is 0.875 bits per heavy atom. The topological polar surface area (TPSA) is 23.8 Å². The van der Waals surface area contributed by atoms with E-state index in [0.717, 1.165) is 48.3 Å². The van der Waals surface area contributed by atoms with Gasteiger partial charge >= 0.3 is 0 Å². The molecule has 7 unspecified atom stereocenters. The molecule has 5 aliphatic carbocycles. The van der Waals surface area contributed by atoms with E-state index in [1.165, 1.54) is 57.8 Å². The first kappa shape index (κ1) is 15.2. The second kappa shape index (κ2) is 6.05. The number of hydrogen-bond acceptors (Lipinski definition) is 1. The van der Waals surface area contributed by atoms with Gasteiger partial charge in [0.15, 0.2) is 0 Å². The van der Waals surface area contributed by atoms with Crippen LogP contribution in [0, 0.1) is 52.8 Å². The van der Waals surface area contributed by atoms with Gasteiger partial charge in [-0.25, -0.2) is 0 Å². The fourth-order valence-corrected chi connectivity index (χ4v) is 7.33. The zero-order valence-corrected chi connectivity index (χ0v) is 14.9. The van der Waals surface area contributed by atoms with E-state index >= 15 is 0 Å². The molecule has 5 rings (SSSR count). The molecule has 1 heteroatoms. The SMILES string of the molecule is N#CC1CCC2CCC3C(=C2C1)C=CC1C2CCCCC2CCC31. The minimum atomic E-state index is 0.294. The zero-order chi connectivity index (χ0) is 16.1. The number of fused-ring (bicyclic) bond motifs is 6. The first-order valence-corrected chi connectivity index (χ1v) is 10.7. The Bertz CT molecular complexity index is 606. The van der Waals surface area contributed by atoms with E-state index in [-0.39, 0.29) is 0 Å².